The van der Waals surface area contributed by atoms with Crippen molar-refractivity contribution in [2.75, 3.05) is 16.8 Å². The van der Waals surface area contributed by atoms with Gasteiger partial charge in [-0.25, -0.2) is 14.4 Å². The van der Waals surface area contributed by atoms with Gasteiger partial charge in [-0.2, -0.15) is 10.5 Å². The van der Waals surface area contributed by atoms with Gasteiger partial charge in [0, 0.05) is 16.1 Å². The minimum atomic E-state index is -0.805. The van der Waals surface area contributed by atoms with E-state index in [0.29, 0.717) is 11.1 Å². The molecule has 2 heterocycles. The molecular weight excluding hydrogens is 347 g/mol. The van der Waals surface area contributed by atoms with Crippen molar-refractivity contribution in [2.24, 2.45) is 4.99 Å². The summed E-state index contributed by atoms with van der Waals surface area (Å²) in [5.74, 6) is -0.250. The number of anilines is 3. The van der Waals surface area contributed by atoms with Crippen molar-refractivity contribution in [1.29, 1.82) is 10.5 Å². The maximum atomic E-state index is 13.4. The number of nitrogens with two attached hydrogens (primary N) is 2. The van der Waals surface area contributed by atoms with E-state index in [4.69, 9.17) is 28.3 Å². The first-order valence-electron chi connectivity index (χ1n) is 6.90. The van der Waals surface area contributed by atoms with Crippen molar-refractivity contribution >= 4 is 34.9 Å². The van der Waals surface area contributed by atoms with E-state index in [-0.39, 0.29) is 33.9 Å². The topological polar surface area (TPSA) is 149 Å². The minimum absolute atomic E-state index is 0.00989. The van der Waals surface area contributed by atoms with Crippen LogP contribution in [0.4, 0.5) is 21.7 Å². The monoisotopic (exact) mass is 356 g/mol. The molecule has 0 radical (unpaired) electrons. The maximum absolute atomic E-state index is 13.4. The molecule has 0 saturated heterocycles. The van der Waals surface area contributed by atoms with Crippen LogP contribution in [0.15, 0.2) is 23.2 Å². The van der Waals surface area contributed by atoms with E-state index in [1.807, 2.05) is 6.07 Å². The van der Waals surface area contributed by atoms with Crippen LogP contribution in [0.1, 0.15) is 22.7 Å². The number of halogens is 2. The largest absolute Gasteiger partial charge is 0.397 e. The molecule has 124 valence electrons. The third-order valence-electron chi connectivity index (χ3n) is 3.61. The zero-order valence-corrected chi connectivity index (χ0v) is 13.3. The van der Waals surface area contributed by atoms with Crippen molar-refractivity contribution in [1.82, 2.24) is 10.3 Å². The molecule has 1 aliphatic rings. The van der Waals surface area contributed by atoms with Gasteiger partial charge in [0.05, 0.1) is 5.69 Å². The maximum Gasteiger partial charge on any atom is 0.211 e. The molecule has 25 heavy (non-hydrogen) atoms. The number of rotatable bonds is 1. The Kier molecular flexibility index (Phi) is 4.01. The highest BCUT2D eigenvalue weighted by molar-refractivity contribution is 6.31. The van der Waals surface area contributed by atoms with Crippen LogP contribution in [0.25, 0.3) is 0 Å². The fourth-order valence-electron chi connectivity index (χ4n) is 2.53. The van der Waals surface area contributed by atoms with Crippen LogP contribution in [0.5, 0.6) is 0 Å². The first kappa shape index (κ1) is 16.3. The van der Waals surface area contributed by atoms with Gasteiger partial charge in [-0.05, 0) is 12.1 Å². The lowest BCUT2D eigenvalue weighted by Crippen LogP contribution is -2.32. The van der Waals surface area contributed by atoms with Crippen LogP contribution in [0.2, 0.25) is 5.02 Å². The number of nitrogen functional groups attached to an aromatic ring is 2. The first-order valence-corrected chi connectivity index (χ1v) is 7.27. The van der Waals surface area contributed by atoms with Crippen molar-refractivity contribution < 1.29 is 4.39 Å². The molecule has 1 aromatic carbocycles. The molecule has 1 aromatic heterocycles. The third kappa shape index (κ3) is 2.73. The molecule has 3 rings (SSSR count). The molecule has 1 atom stereocenters. The zero-order chi connectivity index (χ0) is 18.1. The van der Waals surface area contributed by atoms with E-state index in [1.54, 1.807) is 6.19 Å². The molecule has 0 fully saturated rings. The van der Waals surface area contributed by atoms with E-state index in [9.17, 15) is 9.65 Å². The number of nitrogens with one attached hydrogen (secondary N) is 2. The summed E-state index contributed by atoms with van der Waals surface area (Å²) >= 11 is 6.15. The lowest BCUT2D eigenvalue weighted by Gasteiger charge is -2.26. The van der Waals surface area contributed by atoms with Crippen molar-refractivity contribution in [3.63, 3.8) is 0 Å². The number of guanidine groups is 1. The summed E-state index contributed by atoms with van der Waals surface area (Å²) in [6.07, 6.45) is 1.74. The minimum Gasteiger partial charge on any atom is -0.397 e. The summed E-state index contributed by atoms with van der Waals surface area (Å²) in [5, 5.41) is 23.3. The van der Waals surface area contributed by atoms with E-state index in [1.165, 1.54) is 12.1 Å². The molecule has 0 saturated carbocycles. The highest BCUT2D eigenvalue weighted by Gasteiger charge is 2.30. The standard InChI is InChI=1S/C15H10ClFN8/c16-9-3-6(17)1-2-7(9)12-10-11(20)8(4-18)13(21)24-14(10)25-15(23-12)22-5-19/h1-3,12H,(H6,20,21,22,23,24,25). The molecule has 0 bridgehead atoms. The van der Waals surface area contributed by atoms with E-state index < -0.39 is 11.9 Å². The third-order valence-corrected chi connectivity index (χ3v) is 3.94. The molecule has 0 spiro atoms. The molecular formula is C15H10ClFN8. The molecule has 1 aliphatic heterocycles. The summed E-state index contributed by atoms with van der Waals surface area (Å²) in [6, 6.07) is 4.90. The van der Waals surface area contributed by atoms with E-state index in [0.717, 1.165) is 6.07 Å². The van der Waals surface area contributed by atoms with Crippen LogP contribution in [-0.4, -0.2) is 10.9 Å². The van der Waals surface area contributed by atoms with Crippen molar-refractivity contribution in [2.45, 2.75) is 6.04 Å². The highest BCUT2D eigenvalue weighted by Crippen LogP contribution is 2.42. The van der Waals surface area contributed by atoms with Crippen LogP contribution >= 0.6 is 11.6 Å². The Morgan fingerprint density at radius 3 is 2.72 bits per heavy atom. The number of aliphatic imine (C=N–C) groups is 1. The molecule has 8 nitrogen and oxygen atoms in total. The molecule has 0 aliphatic carbocycles. The first-order chi connectivity index (χ1) is 12.0. The van der Waals surface area contributed by atoms with Crippen LogP contribution < -0.4 is 22.1 Å². The average Bonchev–Trinajstić information content (AvgIpc) is 2.54. The number of fused-ring (bicyclic) bond motifs is 1. The van der Waals surface area contributed by atoms with Crippen LogP contribution in [-0.2, 0) is 0 Å². The summed E-state index contributed by atoms with van der Waals surface area (Å²) in [6.45, 7) is 0. The van der Waals surface area contributed by atoms with Crippen molar-refractivity contribution in [3.8, 4) is 12.3 Å². The van der Waals surface area contributed by atoms with Gasteiger partial charge in [-0.3, -0.25) is 5.32 Å². The number of aromatic nitrogens is 1. The van der Waals surface area contributed by atoms with Gasteiger partial charge >= 0.3 is 0 Å². The number of hydrogen-bond acceptors (Lipinski definition) is 8. The van der Waals surface area contributed by atoms with Gasteiger partial charge in [-0.15, -0.1) is 0 Å². The second kappa shape index (κ2) is 6.15. The second-order valence-electron chi connectivity index (χ2n) is 5.07. The van der Waals surface area contributed by atoms with Crippen LogP contribution in [0, 0.1) is 28.6 Å². The highest BCUT2D eigenvalue weighted by atomic mass is 35.5. The van der Waals surface area contributed by atoms with Crippen molar-refractivity contribution in [3.05, 3.63) is 45.7 Å². The van der Waals surface area contributed by atoms with Gasteiger partial charge < -0.3 is 16.8 Å². The number of benzene rings is 1. The Morgan fingerprint density at radius 2 is 2.08 bits per heavy atom. The molecule has 6 N–H and O–H groups in total. The smallest absolute Gasteiger partial charge is 0.211 e. The molecule has 1 unspecified atom stereocenters. The molecule has 0 amide bonds. The quantitative estimate of drug-likeness (QED) is 0.450. The number of pyridine rings is 1. The normalized spacial score (nSPS) is 15.2. The van der Waals surface area contributed by atoms with Gasteiger partial charge in [-0.1, -0.05) is 17.7 Å². The number of hydrogen-bond donors (Lipinski definition) is 4. The summed E-state index contributed by atoms with van der Waals surface area (Å²) in [7, 11) is 0. The summed E-state index contributed by atoms with van der Waals surface area (Å²) in [4.78, 5) is 8.45. The number of nitriles is 2. The predicted molar refractivity (Wildman–Crippen MR) is 90.8 cm³/mol. The fraction of sp³-hybridized carbons (Fsp3) is 0.0667. The summed E-state index contributed by atoms with van der Waals surface area (Å²) < 4.78 is 13.4. The lowest BCUT2D eigenvalue weighted by atomic mass is 9.95. The fourth-order valence-corrected chi connectivity index (χ4v) is 2.80. The Bertz CT molecular complexity index is 988. The Balaban J connectivity index is 2.28. The van der Waals surface area contributed by atoms with Gasteiger partial charge in [0.1, 0.15) is 35.1 Å². The van der Waals surface area contributed by atoms with E-state index in [2.05, 4.69) is 20.6 Å². The lowest BCUT2D eigenvalue weighted by molar-refractivity contribution is 0.626. The average molecular weight is 357 g/mol. The number of nitrogens with zero attached hydrogens (tertiary/aromatic N) is 4. The predicted octanol–water partition coefficient (Wildman–Crippen LogP) is 1.85. The van der Waals surface area contributed by atoms with Gasteiger partial charge in [0.15, 0.2) is 6.19 Å². The second-order valence-corrected chi connectivity index (χ2v) is 5.47. The van der Waals surface area contributed by atoms with Gasteiger partial charge in [0.2, 0.25) is 5.96 Å². The Morgan fingerprint density at radius 1 is 1.32 bits per heavy atom. The molecule has 10 heteroatoms. The SMILES string of the molecule is N#CNC1=NC(c2ccc(F)cc2Cl)c2c(nc(N)c(C#N)c2N)N1. The Labute approximate surface area is 146 Å². The molecule has 2 aromatic rings. The van der Waals surface area contributed by atoms with E-state index >= 15 is 0 Å². The van der Waals surface area contributed by atoms with Gasteiger partial charge in [0.25, 0.3) is 0 Å². The summed E-state index contributed by atoms with van der Waals surface area (Å²) in [5.41, 5.74) is 12.7. The van der Waals surface area contributed by atoms with Crippen LogP contribution in [0.3, 0.4) is 0 Å². The Hall–Kier alpha value is -3.56. The zero-order valence-electron chi connectivity index (χ0n) is 12.5.